The van der Waals surface area contributed by atoms with Crippen LogP contribution in [0.15, 0.2) is 24.3 Å². The van der Waals surface area contributed by atoms with E-state index < -0.39 is 12.2 Å². The summed E-state index contributed by atoms with van der Waals surface area (Å²) in [5.41, 5.74) is 4.53. The molecule has 0 amide bonds. The molecule has 1 nitrogen and oxygen atoms in total. The number of hydrogen-bond acceptors (Lipinski definition) is 1. The summed E-state index contributed by atoms with van der Waals surface area (Å²) in [7, 11) is 0. The molecule has 0 spiro atoms. The first-order valence-electron chi connectivity index (χ1n) is 3.87. The van der Waals surface area contributed by atoms with Crippen LogP contribution in [-0.2, 0) is 0 Å². The minimum Gasteiger partial charge on any atom is -0.316 e. The van der Waals surface area contributed by atoms with Crippen molar-refractivity contribution in [3.8, 4) is 0 Å². The Morgan fingerprint density at radius 2 is 1.71 bits per heavy atom. The maximum absolute atomic E-state index is 12.3. The molecule has 1 aromatic rings. The van der Waals surface area contributed by atoms with Gasteiger partial charge in [-0.05, 0) is 17.7 Å². The number of rotatable bonds is 1. The van der Waals surface area contributed by atoms with E-state index in [0.717, 1.165) is 12.1 Å². The van der Waals surface area contributed by atoms with Gasteiger partial charge in [0, 0.05) is 5.02 Å². The maximum atomic E-state index is 12.3. The Bertz CT molecular complexity index is 324. The SMILES string of the molecule is Cl.[2H]C(N)(c1ccc(Cl)cc1)C(F)(F)F. The Labute approximate surface area is 91.9 Å². The Morgan fingerprint density at radius 1 is 1.29 bits per heavy atom. The molecule has 0 saturated heterocycles. The minimum atomic E-state index is -4.80. The Morgan fingerprint density at radius 3 is 2.07 bits per heavy atom. The highest BCUT2D eigenvalue weighted by Gasteiger charge is 2.37. The fraction of sp³-hybridized carbons (Fsp3) is 0.250. The second kappa shape index (κ2) is 4.87. The summed E-state index contributed by atoms with van der Waals surface area (Å²) in [6.45, 7) is 0. The van der Waals surface area contributed by atoms with Crippen molar-refractivity contribution >= 4 is 24.0 Å². The molecule has 0 bridgehead atoms. The smallest absolute Gasteiger partial charge is 0.316 e. The van der Waals surface area contributed by atoms with E-state index in [1.165, 1.54) is 12.1 Å². The first-order valence-corrected chi connectivity index (χ1v) is 3.74. The predicted molar refractivity (Wildman–Crippen MR) is 51.7 cm³/mol. The van der Waals surface area contributed by atoms with Gasteiger partial charge in [-0.1, -0.05) is 23.7 Å². The Hall–Kier alpha value is -0.450. The second-order valence-electron chi connectivity index (χ2n) is 2.42. The molecule has 1 atom stereocenters. The molecule has 2 N–H and O–H groups in total. The van der Waals surface area contributed by atoms with Gasteiger partial charge in [0.25, 0.3) is 0 Å². The van der Waals surface area contributed by atoms with Crippen molar-refractivity contribution in [2.75, 3.05) is 0 Å². The highest BCUT2D eigenvalue weighted by Crippen LogP contribution is 2.30. The van der Waals surface area contributed by atoms with Gasteiger partial charge in [0.2, 0.25) is 0 Å². The summed E-state index contributed by atoms with van der Waals surface area (Å²) in [6.07, 6.45) is -4.80. The Kier molecular flexibility index (Phi) is 4.04. The number of alkyl halides is 3. The van der Waals surface area contributed by atoms with Gasteiger partial charge >= 0.3 is 6.18 Å². The van der Waals surface area contributed by atoms with E-state index in [1.54, 1.807) is 0 Å². The number of halogens is 5. The number of nitrogens with two attached hydrogens (primary N) is 1. The molecule has 1 unspecified atom stereocenters. The lowest BCUT2D eigenvalue weighted by Crippen LogP contribution is -2.28. The van der Waals surface area contributed by atoms with Gasteiger partial charge in [0.1, 0.15) is 6.02 Å². The Balaban J connectivity index is 0.00000196. The van der Waals surface area contributed by atoms with Crippen LogP contribution in [0.4, 0.5) is 13.2 Å². The summed E-state index contributed by atoms with van der Waals surface area (Å²) >= 11 is 5.49. The van der Waals surface area contributed by atoms with E-state index >= 15 is 0 Å². The molecular formula is C8H8Cl2F3N. The predicted octanol–water partition coefficient (Wildman–Crippen LogP) is 3.32. The van der Waals surface area contributed by atoms with Gasteiger partial charge < -0.3 is 5.73 Å². The molecule has 1 aromatic carbocycles. The lowest BCUT2D eigenvalue weighted by atomic mass is 10.1. The van der Waals surface area contributed by atoms with Crippen molar-refractivity contribution < 1.29 is 14.5 Å². The van der Waals surface area contributed by atoms with E-state index in [9.17, 15) is 13.2 Å². The zero-order valence-electron chi connectivity index (χ0n) is 7.81. The fourth-order valence-corrected chi connectivity index (χ4v) is 0.919. The fourth-order valence-electron chi connectivity index (χ4n) is 0.793. The second-order valence-corrected chi connectivity index (χ2v) is 2.85. The van der Waals surface area contributed by atoms with Crippen molar-refractivity contribution in [2.45, 2.75) is 12.2 Å². The number of hydrogen-bond donors (Lipinski definition) is 1. The van der Waals surface area contributed by atoms with Crippen LogP contribution < -0.4 is 5.73 Å². The van der Waals surface area contributed by atoms with Crippen LogP contribution in [0.25, 0.3) is 0 Å². The largest absolute Gasteiger partial charge is 0.407 e. The highest BCUT2D eigenvalue weighted by molar-refractivity contribution is 6.30. The van der Waals surface area contributed by atoms with E-state index in [4.69, 9.17) is 18.7 Å². The van der Waals surface area contributed by atoms with Gasteiger partial charge in [-0.15, -0.1) is 12.4 Å². The van der Waals surface area contributed by atoms with Crippen molar-refractivity contribution in [1.82, 2.24) is 0 Å². The summed E-state index contributed by atoms with van der Waals surface area (Å²) in [6, 6.07) is 1.61. The summed E-state index contributed by atoms with van der Waals surface area (Å²) in [5.74, 6) is 0. The van der Waals surface area contributed by atoms with Crippen LogP contribution >= 0.6 is 24.0 Å². The monoisotopic (exact) mass is 246 g/mol. The van der Waals surface area contributed by atoms with Crippen LogP contribution in [-0.4, -0.2) is 6.18 Å². The molecule has 0 aliphatic carbocycles. The lowest BCUT2D eigenvalue weighted by Gasteiger charge is -2.15. The van der Waals surface area contributed by atoms with Crippen LogP contribution in [0, 0.1) is 0 Å². The van der Waals surface area contributed by atoms with E-state index in [0.29, 0.717) is 5.02 Å². The van der Waals surface area contributed by atoms with Crippen LogP contribution in [0.1, 0.15) is 13.0 Å². The van der Waals surface area contributed by atoms with E-state index in [2.05, 4.69) is 0 Å². The lowest BCUT2D eigenvalue weighted by molar-refractivity contribution is -0.149. The van der Waals surface area contributed by atoms with Crippen molar-refractivity contribution in [3.63, 3.8) is 0 Å². The normalized spacial score (nSPS) is 16.5. The van der Waals surface area contributed by atoms with Crippen LogP contribution in [0.3, 0.4) is 0 Å². The molecule has 1 rings (SSSR count). The van der Waals surface area contributed by atoms with E-state index in [-0.39, 0.29) is 18.0 Å². The summed E-state index contributed by atoms with van der Waals surface area (Å²) in [5, 5.41) is 0.298. The van der Waals surface area contributed by atoms with Crippen molar-refractivity contribution in [2.24, 2.45) is 5.73 Å². The van der Waals surface area contributed by atoms with Gasteiger partial charge in [-0.2, -0.15) is 13.2 Å². The standard InChI is InChI=1S/C8H7ClF3N.ClH/c9-6-3-1-5(2-4-6)7(13)8(10,11)12;/h1-4,7H,13H2;1H/i7D;. The van der Waals surface area contributed by atoms with Gasteiger partial charge in [0.05, 0.1) is 1.37 Å². The van der Waals surface area contributed by atoms with Crippen LogP contribution in [0.5, 0.6) is 0 Å². The molecule has 0 aliphatic rings. The zero-order valence-corrected chi connectivity index (χ0v) is 8.38. The summed E-state index contributed by atoms with van der Waals surface area (Å²) < 4.78 is 43.8. The number of benzene rings is 1. The highest BCUT2D eigenvalue weighted by atomic mass is 35.5. The molecule has 0 aliphatic heterocycles. The molecule has 6 heteroatoms. The first-order chi connectivity index (χ1) is 6.25. The quantitative estimate of drug-likeness (QED) is 0.809. The molecular weight excluding hydrogens is 238 g/mol. The third-order valence-electron chi connectivity index (χ3n) is 1.46. The molecule has 14 heavy (non-hydrogen) atoms. The topological polar surface area (TPSA) is 26.0 Å². The zero-order chi connectivity index (χ0) is 11.0. The maximum Gasteiger partial charge on any atom is 0.407 e. The van der Waals surface area contributed by atoms with Crippen molar-refractivity contribution in [3.05, 3.63) is 34.9 Å². The first kappa shape index (κ1) is 11.6. The van der Waals surface area contributed by atoms with Gasteiger partial charge in [-0.3, -0.25) is 0 Å². The average Bonchev–Trinajstić information content (AvgIpc) is 2.03. The summed E-state index contributed by atoms with van der Waals surface area (Å²) in [4.78, 5) is 0. The third kappa shape index (κ3) is 3.36. The molecule has 0 aromatic heterocycles. The average molecular weight is 247 g/mol. The van der Waals surface area contributed by atoms with Gasteiger partial charge in [-0.25, -0.2) is 0 Å². The third-order valence-corrected chi connectivity index (χ3v) is 1.71. The van der Waals surface area contributed by atoms with Gasteiger partial charge in [0.15, 0.2) is 0 Å². The molecule has 0 fully saturated rings. The minimum absolute atomic E-state index is 0. The van der Waals surface area contributed by atoms with E-state index in [1.807, 2.05) is 0 Å². The van der Waals surface area contributed by atoms with Crippen molar-refractivity contribution in [1.29, 1.82) is 0 Å². The molecule has 80 valence electrons. The molecule has 0 radical (unpaired) electrons. The van der Waals surface area contributed by atoms with Crippen LogP contribution in [0.2, 0.25) is 5.02 Å². The molecule has 0 saturated carbocycles. The molecule has 0 heterocycles.